The van der Waals surface area contributed by atoms with Gasteiger partial charge in [0.15, 0.2) is 0 Å². The maximum Gasteiger partial charge on any atom is 0.143 e. The summed E-state index contributed by atoms with van der Waals surface area (Å²) in [5.74, 6) is 0.273. The van der Waals surface area contributed by atoms with Gasteiger partial charge in [0.25, 0.3) is 0 Å². The second kappa shape index (κ2) is 15.0. The lowest BCUT2D eigenvalue weighted by Gasteiger charge is -1.96. The first-order valence-electron chi connectivity index (χ1n) is 12.7. The van der Waals surface area contributed by atoms with Crippen molar-refractivity contribution < 1.29 is 9.59 Å². The Morgan fingerprint density at radius 2 is 0.974 bits per heavy atom. The highest BCUT2D eigenvalue weighted by Gasteiger charge is 2.11. The lowest BCUT2D eigenvalue weighted by molar-refractivity contribution is -0.118. The van der Waals surface area contributed by atoms with Crippen LogP contribution in [0.15, 0.2) is 72.8 Å². The molecule has 0 spiro atoms. The summed E-state index contributed by atoms with van der Waals surface area (Å²) in [5.41, 5.74) is 2.17. The van der Waals surface area contributed by atoms with Crippen LogP contribution in [0.1, 0.15) is 56.8 Å². The fourth-order valence-corrected chi connectivity index (χ4v) is 5.57. The summed E-state index contributed by atoms with van der Waals surface area (Å²) in [6, 6.07) is 19.9. The minimum Gasteiger partial charge on any atom is -0.299 e. The zero-order valence-corrected chi connectivity index (χ0v) is 22.8. The van der Waals surface area contributed by atoms with Gasteiger partial charge in [0, 0.05) is 25.7 Å². The van der Waals surface area contributed by atoms with Gasteiger partial charge in [-0.1, -0.05) is 85.0 Å². The third kappa shape index (κ3) is 9.68. The molecule has 0 saturated heterocycles. The number of hydrogen-bond acceptors (Lipinski definition) is 8. The van der Waals surface area contributed by atoms with Gasteiger partial charge in [-0.15, -0.1) is 43.1 Å². The van der Waals surface area contributed by atoms with E-state index in [4.69, 9.17) is 0 Å². The molecule has 0 fully saturated rings. The molecule has 0 aliphatic heterocycles. The molecule has 2 aromatic carbocycles. The summed E-state index contributed by atoms with van der Waals surface area (Å²) in [4.78, 5) is 24.5. The lowest BCUT2D eigenvalue weighted by Crippen LogP contribution is -2.00. The standard InChI is InChI=1S/C30H30N4O2S2/c35-25(17-9-15-23-11-3-1-4-12-23)21-29-33-31-27(37-29)19-7-8-20-28-32-34-30(38-28)22-26(36)18-10-16-24-13-5-2-6-14-24/h1-6,9-16H,7-8,17-22H2/b15-9+,16-10+. The molecule has 0 bridgehead atoms. The van der Waals surface area contributed by atoms with Crippen molar-refractivity contribution in [1.82, 2.24) is 20.4 Å². The van der Waals surface area contributed by atoms with E-state index < -0.39 is 0 Å². The Hall–Kier alpha value is -3.62. The second-order valence-electron chi connectivity index (χ2n) is 8.85. The Kier molecular flexibility index (Phi) is 10.8. The van der Waals surface area contributed by atoms with E-state index >= 15 is 0 Å². The predicted octanol–water partition coefficient (Wildman–Crippen LogP) is 6.39. The van der Waals surface area contributed by atoms with Crippen LogP contribution in [0.5, 0.6) is 0 Å². The Labute approximate surface area is 231 Å². The van der Waals surface area contributed by atoms with Crippen LogP contribution in [-0.2, 0) is 35.3 Å². The first-order valence-corrected chi connectivity index (χ1v) is 14.4. The van der Waals surface area contributed by atoms with Gasteiger partial charge in [-0.05, 0) is 24.0 Å². The first kappa shape index (κ1) is 27.4. The monoisotopic (exact) mass is 542 g/mol. The van der Waals surface area contributed by atoms with Crippen LogP contribution in [0, 0.1) is 0 Å². The maximum absolute atomic E-state index is 12.3. The van der Waals surface area contributed by atoms with Gasteiger partial charge in [0.05, 0.1) is 12.8 Å². The van der Waals surface area contributed by atoms with Gasteiger partial charge in [0.2, 0.25) is 0 Å². The number of carbonyl (C=O) groups excluding carboxylic acids is 2. The lowest BCUT2D eigenvalue weighted by atomic mass is 10.1. The molecule has 194 valence electrons. The molecule has 6 nitrogen and oxygen atoms in total. The number of benzene rings is 2. The highest BCUT2D eigenvalue weighted by molar-refractivity contribution is 7.11. The first-order chi connectivity index (χ1) is 18.6. The minimum atomic E-state index is 0.137. The van der Waals surface area contributed by atoms with Crippen molar-refractivity contribution >= 4 is 46.4 Å². The molecule has 0 radical (unpaired) electrons. The van der Waals surface area contributed by atoms with E-state index in [0.717, 1.165) is 56.8 Å². The summed E-state index contributed by atoms with van der Waals surface area (Å²) < 4.78 is 0. The Balaban J connectivity index is 1.11. The normalized spacial score (nSPS) is 11.5. The molecule has 0 aliphatic carbocycles. The van der Waals surface area contributed by atoms with Crippen LogP contribution in [-0.4, -0.2) is 32.0 Å². The molecular formula is C30H30N4O2S2. The van der Waals surface area contributed by atoms with Crippen molar-refractivity contribution in [2.45, 2.75) is 51.4 Å². The molecule has 4 rings (SSSR count). The fraction of sp³-hybridized carbons (Fsp3) is 0.267. The molecule has 0 saturated carbocycles. The average molecular weight is 543 g/mol. The Morgan fingerprint density at radius 3 is 1.39 bits per heavy atom. The number of aryl methyl sites for hydroxylation is 2. The number of nitrogens with zero attached hydrogens (tertiary/aromatic N) is 4. The van der Waals surface area contributed by atoms with Gasteiger partial charge in [-0.3, -0.25) is 9.59 Å². The van der Waals surface area contributed by atoms with E-state index in [2.05, 4.69) is 20.4 Å². The fourth-order valence-electron chi connectivity index (χ4n) is 3.74. The minimum absolute atomic E-state index is 0.137. The van der Waals surface area contributed by atoms with E-state index in [1.807, 2.05) is 85.0 Å². The molecule has 38 heavy (non-hydrogen) atoms. The summed E-state index contributed by atoms with van der Waals surface area (Å²) in [7, 11) is 0. The van der Waals surface area contributed by atoms with Gasteiger partial charge >= 0.3 is 0 Å². The number of aromatic nitrogens is 4. The Bertz CT molecular complexity index is 1260. The van der Waals surface area contributed by atoms with Crippen molar-refractivity contribution in [3.63, 3.8) is 0 Å². The topological polar surface area (TPSA) is 85.7 Å². The average Bonchev–Trinajstić information content (AvgIpc) is 3.57. The predicted molar refractivity (Wildman–Crippen MR) is 154 cm³/mol. The van der Waals surface area contributed by atoms with Crippen LogP contribution < -0.4 is 0 Å². The molecule has 2 aromatic heterocycles. The third-order valence-corrected chi connectivity index (χ3v) is 7.62. The van der Waals surface area contributed by atoms with Crippen molar-refractivity contribution in [1.29, 1.82) is 0 Å². The number of allylic oxidation sites excluding steroid dienone is 2. The van der Waals surface area contributed by atoms with Crippen LogP contribution in [0.3, 0.4) is 0 Å². The van der Waals surface area contributed by atoms with Gasteiger partial charge in [0.1, 0.15) is 31.6 Å². The smallest absolute Gasteiger partial charge is 0.143 e. The summed E-state index contributed by atoms with van der Waals surface area (Å²) in [6.45, 7) is 0. The summed E-state index contributed by atoms with van der Waals surface area (Å²) in [5, 5.41) is 20.4. The van der Waals surface area contributed by atoms with E-state index in [0.29, 0.717) is 25.7 Å². The van der Waals surface area contributed by atoms with E-state index in [9.17, 15) is 9.59 Å². The number of Topliss-reactive ketones (excluding diaryl/α,β-unsaturated/α-hetero) is 2. The molecule has 0 unspecified atom stereocenters. The SMILES string of the molecule is O=C(C/C=C/c1ccccc1)Cc1nnc(CCCCc2nnc(CC(=O)C/C=C/c3ccccc3)s2)s1. The van der Waals surface area contributed by atoms with Crippen LogP contribution in [0.25, 0.3) is 12.2 Å². The number of rotatable bonds is 15. The number of ketones is 2. The molecule has 4 aromatic rings. The number of hydrogen-bond donors (Lipinski definition) is 0. The van der Waals surface area contributed by atoms with Crippen LogP contribution in [0.4, 0.5) is 0 Å². The molecule has 0 atom stereocenters. The van der Waals surface area contributed by atoms with E-state index in [-0.39, 0.29) is 11.6 Å². The van der Waals surface area contributed by atoms with Crippen molar-refractivity contribution in [3.05, 3.63) is 104 Å². The molecule has 2 heterocycles. The van der Waals surface area contributed by atoms with Gasteiger partial charge in [-0.2, -0.15) is 0 Å². The van der Waals surface area contributed by atoms with Gasteiger partial charge in [-0.25, -0.2) is 0 Å². The highest BCUT2D eigenvalue weighted by atomic mass is 32.1. The number of unbranched alkanes of at least 4 members (excludes halogenated alkanes) is 1. The van der Waals surface area contributed by atoms with Crippen LogP contribution >= 0.6 is 22.7 Å². The second-order valence-corrected chi connectivity index (χ2v) is 11.1. The maximum atomic E-state index is 12.3. The molecule has 8 heteroatoms. The zero-order chi connectivity index (χ0) is 26.4. The quantitative estimate of drug-likeness (QED) is 0.162. The van der Waals surface area contributed by atoms with Crippen LogP contribution in [0.2, 0.25) is 0 Å². The van der Waals surface area contributed by atoms with E-state index in [1.165, 1.54) is 22.7 Å². The highest BCUT2D eigenvalue weighted by Crippen LogP contribution is 2.17. The largest absolute Gasteiger partial charge is 0.299 e. The molecule has 0 aliphatic rings. The van der Waals surface area contributed by atoms with E-state index in [1.54, 1.807) is 0 Å². The van der Waals surface area contributed by atoms with Crippen molar-refractivity contribution in [3.8, 4) is 0 Å². The zero-order valence-electron chi connectivity index (χ0n) is 21.2. The van der Waals surface area contributed by atoms with Gasteiger partial charge < -0.3 is 0 Å². The molecular weight excluding hydrogens is 512 g/mol. The molecule has 0 N–H and O–H groups in total. The molecule has 0 amide bonds. The summed E-state index contributed by atoms with van der Waals surface area (Å²) in [6.07, 6.45) is 12.7. The van der Waals surface area contributed by atoms with Crippen molar-refractivity contribution in [2.24, 2.45) is 0 Å². The van der Waals surface area contributed by atoms with Crippen molar-refractivity contribution in [2.75, 3.05) is 0 Å². The number of carbonyl (C=O) groups is 2. The third-order valence-electron chi connectivity index (χ3n) is 5.66. The summed E-state index contributed by atoms with van der Waals surface area (Å²) >= 11 is 3.04. The Morgan fingerprint density at radius 1 is 0.579 bits per heavy atom.